The third-order valence-corrected chi connectivity index (χ3v) is 5.89. The first-order valence-corrected chi connectivity index (χ1v) is 11.0. The van der Waals surface area contributed by atoms with Crippen LogP contribution in [0.2, 0.25) is 0 Å². The quantitative estimate of drug-likeness (QED) is 0.404. The van der Waals surface area contributed by atoms with Gasteiger partial charge >= 0.3 is 11.9 Å². The average molecular weight is 495 g/mol. The van der Waals surface area contributed by atoms with Crippen LogP contribution in [-0.4, -0.2) is 46.8 Å². The zero-order chi connectivity index (χ0) is 25.6. The molecule has 4 aromatic heterocycles. The Balaban J connectivity index is 1.55. The molecule has 12 heteroatoms. The highest BCUT2D eigenvalue weighted by Gasteiger charge is 2.37. The van der Waals surface area contributed by atoms with E-state index >= 15 is 0 Å². The summed E-state index contributed by atoms with van der Waals surface area (Å²) in [4.78, 5) is 34.6. The molecule has 0 spiro atoms. The normalized spacial score (nSPS) is 12.8. The highest BCUT2D eigenvalue weighted by atomic mass is 19.4. The molecule has 1 N–H and O–H groups in total. The van der Waals surface area contributed by atoms with Crippen molar-refractivity contribution in [3.05, 3.63) is 77.2 Å². The van der Waals surface area contributed by atoms with E-state index in [-0.39, 0.29) is 0 Å². The predicted octanol–water partition coefficient (Wildman–Crippen LogP) is 3.27. The van der Waals surface area contributed by atoms with Gasteiger partial charge in [-0.3, -0.25) is 9.36 Å². The largest absolute Gasteiger partial charge is 0.408 e. The van der Waals surface area contributed by atoms with Crippen molar-refractivity contribution in [3.63, 3.8) is 0 Å². The number of benzene rings is 1. The lowest BCUT2D eigenvalue weighted by molar-refractivity contribution is -0.158. The van der Waals surface area contributed by atoms with Crippen molar-refractivity contribution in [1.82, 2.24) is 34.0 Å². The summed E-state index contributed by atoms with van der Waals surface area (Å²) >= 11 is 0. The molecule has 0 saturated heterocycles. The van der Waals surface area contributed by atoms with Crippen molar-refractivity contribution in [2.45, 2.75) is 32.6 Å². The Hall–Kier alpha value is -4.48. The molecule has 1 amide bonds. The Morgan fingerprint density at radius 2 is 1.92 bits per heavy atom. The van der Waals surface area contributed by atoms with Gasteiger partial charge < -0.3 is 5.32 Å². The van der Waals surface area contributed by atoms with E-state index in [2.05, 4.69) is 15.1 Å². The van der Waals surface area contributed by atoms with E-state index in [1.54, 1.807) is 72.6 Å². The SMILES string of the molecule is Cc1cccc2c1n(-c1ccc(-c3cnn4cccnc34)cn1)c(=O)n2CC(=O)N[C@H](C)C(F)(F)F. The van der Waals surface area contributed by atoms with Crippen LogP contribution >= 0.6 is 0 Å². The lowest BCUT2D eigenvalue weighted by Crippen LogP contribution is -2.45. The summed E-state index contributed by atoms with van der Waals surface area (Å²) in [5.41, 5.74) is 3.22. The van der Waals surface area contributed by atoms with E-state index in [4.69, 9.17) is 0 Å². The summed E-state index contributed by atoms with van der Waals surface area (Å²) in [6.45, 7) is 2.07. The maximum absolute atomic E-state index is 13.4. The number of halogens is 3. The van der Waals surface area contributed by atoms with Crippen LogP contribution in [0.4, 0.5) is 13.2 Å². The molecule has 0 fully saturated rings. The Morgan fingerprint density at radius 3 is 2.64 bits per heavy atom. The summed E-state index contributed by atoms with van der Waals surface area (Å²) in [5, 5.41) is 6.17. The maximum Gasteiger partial charge on any atom is 0.408 e. The molecule has 0 unspecified atom stereocenters. The first-order valence-electron chi connectivity index (χ1n) is 11.0. The van der Waals surface area contributed by atoms with Gasteiger partial charge in [-0.05, 0) is 43.7 Å². The third-order valence-electron chi connectivity index (χ3n) is 5.89. The van der Waals surface area contributed by atoms with E-state index < -0.39 is 30.4 Å². The first-order chi connectivity index (χ1) is 17.1. The predicted molar refractivity (Wildman–Crippen MR) is 126 cm³/mol. The van der Waals surface area contributed by atoms with Crippen LogP contribution in [0.3, 0.4) is 0 Å². The molecule has 1 aromatic carbocycles. The molecule has 0 radical (unpaired) electrons. The second-order valence-electron chi connectivity index (χ2n) is 8.33. The molecule has 0 saturated carbocycles. The topological polar surface area (TPSA) is 99.1 Å². The van der Waals surface area contributed by atoms with Crippen LogP contribution in [0, 0.1) is 6.92 Å². The van der Waals surface area contributed by atoms with Crippen molar-refractivity contribution in [1.29, 1.82) is 0 Å². The fourth-order valence-electron chi connectivity index (χ4n) is 4.06. The number of amides is 1. The van der Waals surface area contributed by atoms with E-state index in [1.165, 1.54) is 4.57 Å². The van der Waals surface area contributed by atoms with Gasteiger partial charge in [0.1, 0.15) is 18.4 Å². The number of nitrogens with zero attached hydrogens (tertiary/aromatic N) is 6. The molecule has 9 nitrogen and oxygen atoms in total. The zero-order valence-corrected chi connectivity index (χ0v) is 19.2. The van der Waals surface area contributed by atoms with Crippen LogP contribution in [0.5, 0.6) is 0 Å². The van der Waals surface area contributed by atoms with Crippen molar-refractivity contribution >= 4 is 22.6 Å². The van der Waals surface area contributed by atoms with Crippen LogP contribution < -0.4 is 11.0 Å². The molecule has 4 heterocycles. The van der Waals surface area contributed by atoms with Crippen LogP contribution in [0.1, 0.15) is 12.5 Å². The molecular formula is C24H20F3N7O2. The number of carbonyl (C=O) groups is 1. The molecule has 0 aliphatic rings. The van der Waals surface area contributed by atoms with Gasteiger partial charge in [-0.15, -0.1) is 0 Å². The van der Waals surface area contributed by atoms with Crippen molar-refractivity contribution in [2.24, 2.45) is 0 Å². The number of imidazole rings is 1. The summed E-state index contributed by atoms with van der Waals surface area (Å²) in [7, 11) is 0. The van der Waals surface area contributed by atoms with Gasteiger partial charge in [0.25, 0.3) is 0 Å². The maximum atomic E-state index is 13.4. The lowest BCUT2D eigenvalue weighted by Gasteiger charge is -2.17. The number of aryl methyl sites for hydroxylation is 1. The number of aromatic nitrogens is 6. The van der Waals surface area contributed by atoms with E-state index in [1.807, 2.05) is 5.32 Å². The fourth-order valence-corrected chi connectivity index (χ4v) is 4.06. The molecule has 184 valence electrons. The van der Waals surface area contributed by atoms with Crippen molar-refractivity contribution in [2.75, 3.05) is 0 Å². The van der Waals surface area contributed by atoms with Crippen molar-refractivity contribution < 1.29 is 18.0 Å². The molecule has 0 bridgehead atoms. The van der Waals surface area contributed by atoms with Crippen LogP contribution in [0.25, 0.3) is 33.6 Å². The minimum absolute atomic E-state index is 0.301. The summed E-state index contributed by atoms with van der Waals surface area (Å²) in [6.07, 6.45) is 2.10. The number of rotatable bonds is 5. The van der Waals surface area contributed by atoms with Gasteiger partial charge in [-0.2, -0.15) is 18.3 Å². The van der Waals surface area contributed by atoms with Crippen molar-refractivity contribution in [3.8, 4) is 16.9 Å². The van der Waals surface area contributed by atoms with E-state index in [0.717, 1.165) is 28.2 Å². The van der Waals surface area contributed by atoms with Gasteiger partial charge in [-0.1, -0.05) is 12.1 Å². The molecular weight excluding hydrogens is 475 g/mol. The number of pyridine rings is 1. The van der Waals surface area contributed by atoms with Crippen LogP contribution in [0.15, 0.2) is 66.0 Å². The third kappa shape index (κ3) is 4.00. The number of carbonyl (C=O) groups excluding carboxylic acids is 1. The number of nitrogens with one attached hydrogen (secondary N) is 1. The van der Waals surface area contributed by atoms with Gasteiger partial charge in [0, 0.05) is 29.7 Å². The Bertz CT molecular complexity index is 1650. The number of hydrogen-bond donors (Lipinski definition) is 1. The van der Waals surface area contributed by atoms with E-state index in [0.29, 0.717) is 22.5 Å². The zero-order valence-electron chi connectivity index (χ0n) is 19.2. The molecule has 5 aromatic rings. The molecule has 36 heavy (non-hydrogen) atoms. The second kappa shape index (κ2) is 8.63. The summed E-state index contributed by atoms with van der Waals surface area (Å²) in [5.74, 6) is -0.623. The Labute approximate surface area is 201 Å². The average Bonchev–Trinajstić information content (AvgIpc) is 3.39. The minimum Gasteiger partial charge on any atom is -0.343 e. The molecule has 0 aliphatic heterocycles. The van der Waals surface area contributed by atoms with Gasteiger partial charge in [0.05, 0.1) is 17.2 Å². The first kappa shape index (κ1) is 23.3. The number of hydrogen-bond acceptors (Lipinski definition) is 5. The molecule has 0 aliphatic carbocycles. The lowest BCUT2D eigenvalue weighted by atomic mass is 10.1. The van der Waals surface area contributed by atoms with Gasteiger partial charge in [0.2, 0.25) is 5.91 Å². The smallest absolute Gasteiger partial charge is 0.343 e. The minimum atomic E-state index is -4.59. The number of fused-ring (bicyclic) bond motifs is 2. The summed E-state index contributed by atoms with van der Waals surface area (Å²) < 4.78 is 42.8. The highest BCUT2D eigenvalue weighted by molar-refractivity contribution is 5.84. The second-order valence-corrected chi connectivity index (χ2v) is 8.33. The van der Waals surface area contributed by atoms with Gasteiger partial charge in [-0.25, -0.2) is 23.8 Å². The monoisotopic (exact) mass is 495 g/mol. The summed E-state index contributed by atoms with van der Waals surface area (Å²) in [6, 6.07) is 8.31. The Morgan fingerprint density at radius 1 is 1.11 bits per heavy atom. The van der Waals surface area contributed by atoms with Gasteiger partial charge in [0.15, 0.2) is 5.65 Å². The standard InChI is InChI=1S/C24H20F3N7O2/c1-14-5-3-6-18-21(14)34(23(36)32(18)13-20(35)31-15(2)24(25,26)27)19-8-7-16(11-29-19)17-12-30-33-10-4-9-28-22(17)33/h3-12,15H,13H2,1-2H3,(H,31,35)/t15-/m1/s1. The molecule has 1 atom stereocenters. The van der Waals surface area contributed by atoms with E-state index in [9.17, 15) is 22.8 Å². The Kier molecular flexibility index (Phi) is 5.58. The highest BCUT2D eigenvalue weighted by Crippen LogP contribution is 2.25. The fraction of sp³-hybridized carbons (Fsp3) is 0.208. The number of alkyl halides is 3. The molecule has 5 rings (SSSR count). The van der Waals surface area contributed by atoms with Crippen LogP contribution in [-0.2, 0) is 11.3 Å². The number of para-hydroxylation sites is 1.